The van der Waals surface area contributed by atoms with Crippen LogP contribution in [0.25, 0.3) is 0 Å². The number of likely N-dealkylation sites (tertiary alicyclic amines) is 1. The second-order valence-electron chi connectivity index (χ2n) is 5.52. The van der Waals surface area contributed by atoms with Crippen molar-refractivity contribution >= 4 is 35.3 Å². The van der Waals surface area contributed by atoms with Gasteiger partial charge in [0.2, 0.25) is 0 Å². The molecule has 0 radical (unpaired) electrons. The number of hydrogen-bond donors (Lipinski definition) is 2. The van der Waals surface area contributed by atoms with Crippen molar-refractivity contribution < 1.29 is 14.3 Å². The quantitative estimate of drug-likeness (QED) is 0.849. The molecule has 1 fully saturated rings. The molecule has 1 aliphatic heterocycles. The van der Waals surface area contributed by atoms with Crippen molar-refractivity contribution in [2.75, 3.05) is 19.7 Å². The summed E-state index contributed by atoms with van der Waals surface area (Å²) >= 11 is 11.9. The highest BCUT2D eigenvalue weighted by atomic mass is 35.5. The van der Waals surface area contributed by atoms with Crippen LogP contribution in [0.3, 0.4) is 0 Å². The largest absolute Gasteiger partial charge is 0.450 e. The first kappa shape index (κ1) is 18.7. The number of amides is 3. The van der Waals surface area contributed by atoms with E-state index in [0.717, 1.165) is 5.56 Å². The highest BCUT2D eigenvalue weighted by Crippen LogP contribution is 2.20. The molecule has 1 aromatic carbocycles. The smallest absolute Gasteiger partial charge is 0.409 e. The Hall–Kier alpha value is -1.66. The summed E-state index contributed by atoms with van der Waals surface area (Å²) in [6.07, 6.45) is 1.11. The van der Waals surface area contributed by atoms with Crippen LogP contribution in [-0.2, 0) is 11.3 Å². The van der Waals surface area contributed by atoms with Gasteiger partial charge in [0.1, 0.15) is 0 Å². The van der Waals surface area contributed by atoms with Gasteiger partial charge in [-0.3, -0.25) is 0 Å². The first-order valence-corrected chi connectivity index (χ1v) is 8.65. The molecule has 8 heteroatoms. The van der Waals surface area contributed by atoms with E-state index in [-0.39, 0.29) is 18.2 Å². The summed E-state index contributed by atoms with van der Waals surface area (Å²) in [4.78, 5) is 25.3. The standard InChI is InChI=1S/C16H21Cl2N3O3/c1-2-24-16(23)21-7-5-13(6-8-21)20-15(22)19-10-11-3-4-12(17)9-14(11)18/h3-4,9,13H,2,5-8,10H2,1H3,(H2,19,20,22). The normalized spacial score (nSPS) is 15.0. The molecule has 3 amide bonds. The maximum absolute atomic E-state index is 12.0. The van der Waals surface area contributed by atoms with Crippen LogP contribution < -0.4 is 10.6 Å². The molecular formula is C16H21Cl2N3O3. The van der Waals surface area contributed by atoms with Crippen LogP contribution in [0.5, 0.6) is 0 Å². The van der Waals surface area contributed by atoms with Crippen LogP contribution in [0.1, 0.15) is 25.3 Å². The van der Waals surface area contributed by atoms with Gasteiger partial charge in [-0.1, -0.05) is 29.3 Å². The Morgan fingerprint density at radius 3 is 2.62 bits per heavy atom. The molecule has 0 saturated carbocycles. The number of rotatable bonds is 4. The average Bonchev–Trinajstić information content (AvgIpc) is 2.55. The Morgan fingerprint density at radius 1 is 1.29 bits per heavy atom. The number of hydrogen-bond acceptors (Lipinski definition) is 3. The van der Waals surface area contributed by atoms with Gasteiger partial charge in [0.15, 0.2) is 0 Å². The van der Waals surface area contributed by atoms with Gasteiger partial charge in [-0.25, -0.2) is 9.59 Å². The van der Waals surface area contributed by atoms with Crippen molar-refractivity contribution in [3.63, 3.8) is 0 Å². The molecule has 1 aliphatic rings. The molecule has 24 heavy (non-hydrogen) atoms. The Bertz CT molecular complexity index is 590. The van der Waals surface area contributed by atoms with Crippen LogP contribution in [0.4, 0.5) is 9.59 Å². The highest BCUT2D eigenvalue weighted by molar-refractivity contribution is 6.35. The van der Waals surface area contributed by atoms with Gasteiger partial charge in [-0.15, -0.1) is 0 Å². The predicted octanol–water partition coefficient (Wildman–Crippen LogP) is 3.41. The summed E-state index contributed by atoms with van der Waals surface area (Å²) < 4.78 is 4.97. The molecule has 2 N–H and O–H groups in total. The fraction of sp³-hybridized carbons (Fsp3) is 0.500. The first-order chi connectivity index (χ1) is 11.5. The van der Waals surface area contributed by atoms with Gasteiger partial charge in [0.05, 0.1) is 6.61 Å². The summed E-state index contributed by atoms with van der Waals surface area (Å²) in [6.45, 7) is 3.62. The summed E-state index contributed by atoms with van der Waals surface area (Å²) in [5.41, 5.74) is 0.799. The Morgan fingerprint density at radius 2 is 2.00 bits per heavy atom. The summed E-state index contributed by atoms with van der Waals surface area (Å²) in [5.74, 6) is 0. The monoisotopic (exact) mass is 373 g/mol. The summed E-state index contributed by atoms with van der Waals surface area (Å²) in [5, 5.41) is 6.77. The van der Waals surface area contributed by atoms with Gasteiger partial charge in [-0.2, -0.15) is 0 Å². The van der Waals surface area contributed by atoms with E-state index in [4.69, 9.17) is 27.9 Å². The topological polar surface area (TPSA) is 70.7 Å². The molecule has 6 nitrogen and oxygen atoms in total. The summed E-state index contributed by atoms with van der Waals surface area (Å²) in [7, 11) is 0. The second kappa shape index (κ2) is 8.99. The molecule has 2 rings (SSSR count). The third-order valence-electron chi connectivity index (χ3n) is 3.81. The van der Waals surface area contributed by atoms with Crippen molar-refractivity contribution in [2.24, 2.45) is 0 Å². The minimum atomic E-state index is -0.294. The molecule has 0 aliphatic carbocycles. The van der Waals surface area contributed by atoms with E-state index in [0.29, 0.717) is 49.1 Å². The molecule has 0 spiro atoms. The molecule has 0 unspecified atom stereocenters. The summed E-state index contributed by atoms with van der Waals surface area (Å²) in [6, 6.07) is 4.94. The van der Waals surface area contributed by atoms with Crippen molar-refractivity contribution in [3.8, 4) is 0 Å². The van der Waals surface area contributed by atoms with E-state index in [1.807, 2.05) is 0 Å². The molecule has 1 saturated heterocycles. The van der Waals surface area contributed by atoms with Crippen LogP contribution in [0, 0.1) is 0 Å². The van der Waals surface area contributed by atoms with E-state index in [1.165, 1.54) is 0 Å². The van der Waals surface area contributed by atoms with Crippen LogP contribution in [0.2, 0.25) is 10.0 Å². The zero-order chi connectivity index (χ0) is 17.5. The number of nitrogens with zero attached hydrogens (tertiary/aromatic N) is 1. The SMILES string of the molecule is CCOC(=O)N1CCC(NC(=O)NCc2ccc(Cl)cc2Cl)CC1. The maximum atomic E-state index is 12.0. The number of benzene rings is 1. The molecule has 0 aromatic heterocycles. The zero-order valence-corrected chi connectivity index (χ0v) is 15.0. The fourth-order valence-electron chi connectivity index (χ4n) is 2.50. The third kappa shape index (κ3) is 5.46. The van der Waals surface area contributed by atoms with Gasteiger partial charge >= 0.3 is 12.1 Å². The number of carbonyl (C=O) groups excluding carboxylic acids is 2. The lowest BCUT2D eigenvalue weighted by Crippen LogP contribution is -2.49. The fourth-order valence-corrected chi connectivity index (χ4v) is 2.97. The van der Waals surface area contributed by atoms with Gasteiger partial charge in [-0.05, 0) is 37.5 Å². The van der Waals surface area contributed by atoms with E-state index < -0.39 is 0 Å². The van der Waals surface area contributed by atoms with Gasteiger partial charge in [0, 0.05) is 35.7 Å². The van der Waals surface area contributed by atoms with E-state index in [2.05, 4.69) is 10.6 Å². The molecule has 1 heterocycles. The molecular weight excluding hydrogens is 353 g/mol. The zero-order valence-electron chi connectivity index (χ0n) is 13.5. The molecule has 0 atom stereocenters. The van der Waals surface area contributed by atoms with E-state index in [9.17, 15) is 9.59 Å². The number of piperidine rings is 1. The molecule has 0 bridgehead atoms. The van der Waals surface area contributed by atoms with E-state index in [1.54, 1.807) is 30.0 Å². The lowest BCUT2D eigenvalue weighted by Gasteiger charge is -2.31. The van der Waals surface area contributed by atoms with E-state index >= 15 is 0 Å². The molecule has 1 aromatic rings. The van der Waals surface area contributed by atoms with Crippen molar-refractivity contribution in [3.05, 3.63) is 33.8 Å². The highest BCUT2D eigenvalue weighted by Gasteiger charge is 2.24. The number of carbonyl (C=O) groups is 2. The Balaban J connectivity index is 1.73. The molecule has 132 valence electrons. The lowest BCUT2D eigenvalue weighted by molar-refractivity contribution is 0.0957. The Kier molecular flexibility index (Phi) is 6.99. The van der Waals surface area contributed by atoms with Crippen LogP contribution in [-0.4, -0.2) is 42.8 Å². The Labute approximate surface area is 151 Å². The number of urea groups is 1. The number of halogens is 2. The predicted molar refractivity (Wildman–Crippen MR) is 93.5 cm³/mol. The van der Waals surface area contributed by atoms with Crippen molar-refractivity contribution in [1.29, 1.82) is 0 Å². The minimum Gasteiger partial charge on any atom is -0.450 e. The maximum Gasteiger partial charge on any atom is 0.409 e. The van der Waals surface area contributed by atoms with Gasteiger partial charge < -0.3 is 20.3 Å². The second-order valence-corrected chi connectivity index (χ2v) is 6.37. The average molecular weight is 374 g/mol. The first-order valence-electron chi connectivity index (χ1n) is 7.89. The third-order valence-corrected chi connectivity index (χ3v) is 4.40. The minimum absolute atomic E-state index is 0.0383. The van der Waals surface area contributed by atoms with Crippen molar-refractivity contribution in [1.82, 2.24) is 15.5 Å². The van der Waals surface area contributed by atoms with Gasteiger partial charge in [0.25, 0.3) is 0 Å². The number of ether oxygens (including phenoxy) is 1. The van der Waals surface area contributed by atoms with Crippen LogP contribution in [0.15, 0.2) is 18.2 Å². The van der Waals surface area contributed by atoms with Crippen molar-refractivity contribution in [2.45, 2.75) is 32.4 Å². The number of nitrogens with one attached hydrogen (secondary N) is 2. The lowest BCUT2D eigenvalue weighted by atomic mass is 10.1. The van der Waals surface area contributed by atoms with Crippen LogP contribution >= 0.6 is 23.2 Å².